The van der Waals surface area contributed by atoms with Gasteiger partial charge in [0.05, 0.1) is 12.1 Å². The molecule has 0 spiro atoms. The van der Waals surface area contributed by atoms with Crippen molar-refractivity contribution >= 4 is 22.3 Å². The Morgan fingerprint density at radius 1 is 1.30 bits per heavy atom. The molecule has 0 radical (unpaired) electrons. The molecule has 0 saturated heterocycles. The number of imidazole rings is 1. The minimum absolute atomic E-state index is 0.132. The molecule has 0 fully saturated rings. The molecule has 4 nitrogen and oxygen atoms in total. The van der Waals surface area contributed by atoms with Crippen LogP contribution in [0.5, 0.6) is 0 Å². The van der Waals surface area contributed by atoms with Gasteiger partial charge in [0.25, 0.3) is 0 Å². The van der Waals surface area contributed by atoms with E-state index in [1.54, 1.807) is 16.0 Å². The molecule has 0 aliphatic heterocycles. The van der Waals surface area contributed by atoms with Crippen molar-refractivity contribution in [2.45, 2.75) is 6.42 Å². The zero-order chi connectivity index (χ0) is 14.3. The lowest BCUT2D eigenvalue weighted by Gasteiger charge is -1.97. The van der Waals surface area contributed by atoms with Crippen LogP contribution in [0.2, 0.25) is 0 Å². The highest BCUT2D eigenvalue weighted by Crippen LogP contribution is 2.25. The Kier molecular flexibility index (Phi) is 2.98. The van der Waals surface area contributed by atoms with Gasteiger partial charge in [-0.05, 0) is 12.1 Å². The summed E-state index contributed by atoms with van der Waals surface area (Å²) in [6, 6.07) is 3.16. The number of rotatable bonds is 3. The van der Waals surface area contributed by atoms with Gasteiger partial charge in [0.1, 0.15) is 11.6 Å². The van der Waals surface area contributed by atoms with Gasteiger partial charge in [0.15, 0.2) is 4.96 Å². The van der Waals surface area contributed by atoms with Crippen molar-refractivity contribution in [3.8, 4) is 11.3 Å². The second-order valence-electron chi connectivity index (χ2n) is 4.23. The summed E-state index contributed by atoms with van der Waals surface area (Å²) < 4.78 is 28.0. The van der Waals surface area contributed by atoms with Crippen LogP contribution in [0, 0.1) is 11.6 Å². The minimum atomic E-state index is -0.947. The van der Waals surface area contributed by atoms with Crippen LogP contribution >= 0.6 is 11.3 Å². The van der Waals surface area contributed by atoms with Crippen LogP contribution in [0.3, 0.4) is 0 Å². The normalized spacial score (nSPS) is 11.1. The van der Waals surface area contributed by atoms with Crippen molar-refractivity contribution in [2.24, 2.45) is 0 Å². The largest absolute Gasteiger partial charge is 0.481 e. The van der Waals surface area contributed by atoms with Gasteiger partial charge >= 0.3 is 5.97 Å². The number of aromatic nitrogens is 2. The Hall–Kier alpha value is -2.28. The standard InChI is InChI=1S/C13H8F2N2O2S/c14-8-1-7(2-9(15)3-8)11-5-17-10(4-12(18)19)6-20-13(17)16-11/h1-3,5-6H,4H2,(H,18,19). The molecule has 0 bridgehead atoms. The lowest BCUT2D eigenvalue weighted by Crippen LogP contribution is -2.02. The van der Waals surface area contributed by atoms with Crippen LogP contribution in [0.4, 0.5) is 8.78 Å². The molecule has 1 aromatic carbocycles. The number of nitrogens with zero attached hydrogens (tertiary/aromatic N) is 2. The van der Waals surface area contributed by atoms with E-state index in [1.807, 2.05) is 0 Å². The number of thiazole rings is 1. The van der Waals surface area contributed by atoms with Gasteiger partial charge in [-0.15, -0.1) is 11.3 Å². The quantitative estimate of drug-likeness (QED) is 0.808. The highest BCUT2D eigenvalue weighted by molar-refractivity contribution is 7.15. The molecule has 7 heteroatoms. The van der Waals surface area contributed by atoms with Crippen LogP contribution in [0.15, 0.2) is 29.8 Å². The summed E-state index contributed by atoms with van der Waals surface area (Å²) in [5, 5.41) is 10.5. The van der Waals surface area contributed by atoms with E-state index in [2.05, 4.69) is 4.98 Å². The first-order valence-electron chi connectivity index (χ1n) is 5.66. The molecule has 0 aliphatic rings. The monoisotopic (exact) mass is 294 g/mol. The number of halogens is 2. The average Bonchev–Trinajstić information content (AvgIpc) is 2.89. The first kappa shape index (κ1) is 12.7. The van der Waals surface area contributed by atoms with Gasteiger partial charge < -0.3 is 5.11 Å². The fourth-order valence-corrected chi connectivity index (χ4v) is 2.83. The third-order valence-corrected chi connectivity index (χ3v) is 3.66. The number of carboxylic acid groups (broad SMARTS) is 1. The van der Waals surface area contributed by atoms with Crippen LogP contribution in [-0.2, 0) is 11.2 Å². The third-order valence-electron chi connectivity index (χ3n) is 2.77. The minimum Gasteiger partial charge on any atom is -0.481 e. The maximum absolute atomic E-state index is 13.2. The maximum atomic E-state index is 13.2. The lowest BCUT2D eigenvalue weighted by atomic mass is 10.1. The van der Waals surface area contributed by atoms with Gasteiger partial charge in [-0.2, -0.15) is 0 Å². The summed E-state index contributed by atoms with van der Waals surface area (Å²) in [5.41, 5.74) is 1.30. The van der Waals surface area contributed by atoms with Crippen molar-refractivity contribution in [1.82, 2.24) is 9.38 Å². The number of carboxylic acids is 1. The Balaban J connectivity index is 2.08. The highest BCUT2D eigenvalue weighted by atomic mass is 32.1. The summed E-state index contributed by atoms with van der Waals surface area (Å²) in [6.45, 7) is 0. The molecule has 0 unspecified atom stereocenters. The van der Waals surface area contributed by atoms with E-state index < -0.39 is 17.6 Å². The highest BCUT2D eigenvalue weighted by Gasteiger charge is 2.13. The van der Waals surface area contributed by atoms with Gasteiger partial charge in [-0.1, -0.05) is 0 Å². The molecular formula is C13H8F2N2O2S. The second-order valence-corrected chi connectivity index (χ2v) is 5.07. The third kappa shape index (κ3) is 2.27. The van der Waals surface area contributed by atoms with Crippen molar-refractivity contribution in [3.63, 3.8) is 0 Å². The van der Waals surface area contributed by atoms with E-state index in [9.17, 15) is 13.6 Å². The van der Waals surface area contributed by atoms with Crippen LogP contribution in [0.25, 0.3) is 16.2 Å². The van der Waals surface area contributed by atoms with Gasteiger partial charge in [-0.25, -0.2) is 13.8 Å². The molecule has 102 valence electrons. The Morgan fingerprint density at radius 3 is 2.65 bits per heavy atom. The molecule has 2 heterocycles. The summed E-state index contributed by atoms with van der Waals surface area (Å²) >= 11 is 1.28. The average molecular weight is 294 g/mol. The molecule has 3 rings (SSSR count). The predicted molar refractivity (Wildman–Crippen MR) is 69.8 cm³/mol. The van der Waals surface area contributed by atoms with E-state index >= 15 is 0 Å². The van der Waals surface area contributed by atoms with Crippen molar-refractivity contribution in [3.05, 3.63) is 47.1 Å². The summed E-state index contributed by atoms with van der Waals surface area (Å²) in [6.07, 6.45) is 1.45. The van der Waals surface area contributed by atoms with Crippen molar-refractivity contribution in [1.29, 1.82) is 0 Å². The number of fused-ring (bicyclic) bond motifs is 1. The molecule has 0 atom stereocenters. The van der Waals surface area contributed by atoms with Gasteiger partial charge in [0.2, 0.25) is 0 Å². The van der Waals surface area contributed by atoms with Gasteiger partial charge in [0, 0.05) is 28.9 Å². The fraction of sp³-hybridized carbons (Fsp3) is 0.0769. The van der Waals surface area contributed by atoms with E-state index in [4.69, 9.17) is 5.11 Å². The van der Waals surface area contributed by atoms with E-state index in [0.29, 0.717) is 21.9 Å². The first-order valence-corrected chi connectivity index (χ1v) is 6.54. The maximum Gasteiger partial charge on any atom is 0.309 e. The van der Waals surface area contributed by atoms with Crippen LogP contribution < -0.4 is 0 Å². The number of carbonyl (C=O) groups is 1. The molecule has 1 N–H and O–H groups in total. The fourth-order valence-electron chi connectivity index (χ4n) is 1.95. The number of aliphatic carboxylic acids is 1. The van der Waals surface area contributed by atoms with E-state index in [0.717, 1.165) is 6.07 Å². The Bertz CT molecular complexity index is 790. The second kappa shape index (κ2) is 4.68. The Morgan fingerprint density at radius 2 is 2.00 bits per heavy atom. The van der Waals surface area contributed by atoms with E-state index in [-0.39, 0.29) is 6.42 Å². The van der Waals surface area contributed by atoms with Crippen LogP contribution in [0.1, 0.15) is 5.69 Å². The predicted octanol–water partition coefficient (Wildman–Crippen LogP) is 2.97. The van der Waals surface area contributed by atoms with Crippen LogP contribution in [-0.4, -0.2) is 20.5 Å². The molecule has 0 saturated carbocycles. The lowest BCUT2D eigenvalue weighted by molar-refractivity contribution is -0.136. The zero-order valence-electron chi connectivity index (χ0n) is 10.0. The topological polar surface area (TPSA) is 54.6 Å². The molecule has 0 amide bonds. The van der Waals surface area contributed by atoms with Crippen molar-refractivity contribution in [2.75, 3.05) is 0 Å². The van der Waals surface area contributed by atoms with Crippen molar-refractivity contribution < 1.29 is 18.7 Å². The summed E-state index contributed by atoms with van der Waals surface area (Å²) in [7, 11) is 0. The number of benzene rings is 1. The van der Waals surface area contributed by atoms with Gasteiger partial charge in [-0.3, -0.25) is 9.20 Å². The number of hydrogen-bond acceptors (Lipinski definition) is 3. The summed E-state index contributed by atoms with van der Waals surface area (Å²) in [5.74, 6) is -2.30. The SMILES string of the molecule is O=C(O)Cc1csc2nc(-c3cc(F)cc(F)c3)cn12. The zero-order valence-corrected chi connectivity index (χ0v) is 10.8. The Labute approximate surface area is 115 Å². The smallest absolute Gasteiger partial charge is 0.309 e. The summed E-state index contributed by atoms with van der Waals surface area (Å²) in [4.78, 5) is 15.6. The molecule has 20 heavy (non-hydrogen) atoms. The first-order chi connectivity index (χ1) is 9.52. The molecule has 2 aromatic heterocycles. The molecule has 0 aliphatic carbocycles. The number of hydrogen-bond donors (Lipinski definition) is 1. The molecule has 3 aromatic rings. The van der Waals surface area contributed by atoms with E-state index in [1.165, 1.54) is 23.5 Å². The molecular weight excluding hydrogens is 286 g/mol.